The van der Waals surface area contributed by atoms with Crippen LogP contribution in [0.15, 0.2) is 21.1 Å². The van der Waals surface area contributed by atoms with Crippen molar-refractivity contribution in [2.24, 2.45) is 4.99 Å². The van der Waals surface area contributed by atoms with E-state index >= 15 is 0 Å². The lowest BCUT2D eigenvalue weighted by Gasteiger charge is -2.23. The Bertz CT molecular complexity index is 536. The first-order valence-electron chi connectivity index (χ1n) is 5.54. The third kappa shape index (κ3) is 2.01. The molecule has 2 aliphatic rings. The molecule has 0 radical (unpaired) electrons. The van der Waals surface area contributed by atoms with Gasteiger partial charge in [-0.15, -0.1) is 10.2 Å². The highest BCUT2D eigenvalue weighted by molar-refractivity contribution is 8.18. The van der Waals surface area contributed by atoms with Crippen LogP contribution >= 0.6 is 23.1 Å². The Morgan fingerprint density at radius 2 is 2.44 bits per heavy atom. The fourth-order valence-corrected chi connectivity index (χ4v) is 3.38. The Morgan fingerprint density at radius 1 is 1.56 bits per heavy atom. The number of nitrogens with zero attached hydrogens (tertiary/aromatic N) is 4. The maximum Gasteiger partial charge on any atom is 0.266 e. The van der Waals surface area contributed by atoms with Gasteiger partial charge >= 0.3 is 0 Å². The molecule has 94 valence electrons. The fourth-order valence-electron chi connectivity index (χ4n) is 1.86. The normalized spacial score (nSPS) is 18.7. The average molecular weight is 281 g/mol. The molecule has 1 aromatic heterocycles. The van der Waals surface area contributed by atoms with Gasteiger partial charge in [0.1, 0.15) is 5.51 Å². The van der Waals surface area contributed by atoms with Crippen molar-refractivity contribution >= 4 is 39.3 Å². The molecule has 0 bridgehead atoms. The molecule has 0 saturated heterocycles. The van der Waals surface area contributed by atoms with Crippen LogP contribution in [0.1, 0.15) is 13.3 Å². The number of aliphatic imine (C=N–C) groups is 1. The molecule has 0 aliphatic carbocycles. The molecule has 0 aromatic carbocycles. The summed E-state index contributed by atoms with van der Waals surface area (Å²) in [6.07, 6.45) is 1.03. The van der Waals surface area contributed by atoms with Gasteiger partial charge < -0.3 is 4.90 Å². The Hall–Kier alpha value is -1.41. The summed E-state index contributed by atoms with van der Waals surface area (Å²) in [6, 6.07) is 0. The highest BCUT2D eigenvalue weighted by Gasteiger charge is 2.32. The molecule has 1 N–H and O–H groups in total. The first kappa shape index (κ1) is 11.7. The van der Waals surface area contributed by atoms with E-state index in [-0.39, 0.29) is 5.91 Å². The summed E-state index contributed by atoms with van der Waals surface area (Å²) in [5, 5.41) is 11.7. The monoisotopic (exact) mass is 281 g/mol. The molecule has 0 unspecified atom stereocenters. The number of amides is 1. The zero-order valence-electron chi connectivity index (χ0n) is 9.71. The predicted molar refractivity (Wildman–Crippen MR) is 72.5 cm³/mol. The van der Waals surface area contributed by atoms with Crippen LogP contribution in [0.4, 0.5) is 5.13 Å². The van der Waals surface area contributed by atoms with Gasteiger partial charge in [-0.2, -0.15) is 0 Å². The van der Waals surface area contributed by atoms with E-state index in [1.54, 1.807) is 5.51 Å². The summed E-state index contributed by atoms with van der Waals surface area (Å²) in [7, 11) is 0. The van der Waals surface area contributed by atoms with E-state index in [2.05, 4.69) is 25.4 Å². The van der Waals surface area contributed by atoms with E-state index in [1.807, 2.05) is 6.92 Å². The molecule has 0 spiro atoms. The topological polar surface area (TPSA) is 70.5 Å². The lowest BCUT2D eigenvalue weighted by atomic mass is 10.3. The van der Waals surface area contributed by atoms with E-state index in [1.165, 1.54) is 23.1 Å². The lowest BCUT2D eigenvalue weighted by molar-refractivity contribution is -0.112. The molecular formula is C10H11N5OS2. The number of anilines is 1. The predicted octanol–water partition coefficient (Wildman–Crippen LogP) is 1.52. The highest BCUT2D eigenvalue weighted by atomic mass is 32.2. The average Bonchev–Trinajstić information content (AvgIpc) is 2.98. The second-order valence-electron chi connectivity index (χ2n) is 3.88. The zero-order valence-corrected chi connectivity index (χ0v) is 11.3. The minimum absolute atomic E-state index is 0.133. The maximum atomic E-state index is 12.1. The summed E-state index contributed by atoms with van der Waals surface area (Å²) >= 11 is 2.74. The number of nitrogens with one attached hydrogen (secondary N) is 1. The van der Waals surface area contributed by atoms with Crippen LogP contribution in [0.3, 0.4) is 0 Å². The molecule has 3 heterocycles. The number of hydrogen-bond donors (Lipinski definition) is 1. The van der Waals surface area contributed by atoms with Crippen molar-refractivity contribution in [1.29, 1.82) is 0 Å². The Balaban J connectivity index is 1.80. The zero-order chi connectivity index (χ0) is 12.5. The molecule has 1 amide bonds. The molecule has 6 nitrogen and oxygen atoms in total. The van der Waals surface area contributed by atoms with Crippen molar-refractivity contribution < 1.29 is 4.79 Å². The highest BCUT2D eigenvalue weighted by Crippen LogP contribution is 2.36. The molecule has 8 heteroatoms. The summed E-state index contributed by atoms with van der Waals surface area (Å²) in [6.45, 7) is 3.74. The van der Waals surface area contributed by atoms with Crippen LogP contribution in [-0.2, 0) is 4.79 Å². The molecule has 0 atom stereocenters. The van der Waals surface area contributed by atoms with Gasteiger partial charge in [0, 0.05) is 18.8 Å². The molecule has 1 aromatic rings. The van der Waals surface area contributed by atoms with Gasteiger partial charge in [-0.1, -0.05) is 11.3 Å². The van der Waals surface area contributed by atoms with Crippen LogP contribution in [-0.4, -0.2) is 39.3 Å². The Morgan fingerprint density at radius 3 is 3.17 bits per heavy atom. The van der Waals surface area contributed by atoms with Crippen molar-refractivity contribution in [3.05, 3.63) is 16.1 Å². The number of fused-ring (bicyclic) bond motifs is 1. The second-order valence-corrected chi connectivity index (χ2v) is 5.69. The van der Waals surface area contributed by atoms with E-state index in [4.69, 9.17) is 0 Å². The third-order valence-corrected chi connectivity index (χ3v) is 4.56. The number of allylic oxidation sites excluding steroid dienone is 1. The number of aromatic nitrogens is 2. The Labute approximate surface area is 112 Å². The number of hydrogen-bond acceptors (Lipinski definition) is 7. The largest absolute Gasteiger partial charge is 0.324 e. The third-order valence-electron chi connectivity index (χ3n) is 2.73. The quantitative estimate of drug-likeness (QED) is 0.890. The fraction of sp³-hybridized carbons (Fsp3) is 0.400. The second kappa shape index (κ2) is 4.69. The maximum absolute atomic E-state index is 12.1. The minimum atomic E-state index is -0.133. The smallest absolute Gasteiger partial charge is 0.266 e. The van der Waals surface area contributed by atoms with Crippen molar-refractivity contribution in [3.63, 3.8) is 0 Å². The van der Waals surface area contributed by atoms with Gasteiger partial charge in [-0.05, 0) is 25.1 Å². The van der Waals surface area contributed by atoms with Crippen molar-refractivity contribution in [3.8, 4) is 0 Å². The van der Waals surface area contributed by atoms with Crippen molar-refractivity contribution in [2.45, 2.75) is 13.3 Å². The van der Waals surface area contributed by atoms with Crippen molar-refractivity contribution in [1.82, 2.24) is 15.1 Å². The van der Waals surface area contributed by atoms with E-state index < -0.39 is 0 Å². The van der Waals surface area contributed by atoms with Crippen LogP contribution < -0.4 is 5.32 Å². The van der Waals surface area contributed by atoms with Crippen LogP contribution in [0.5, 0.6) is 0 Å². The Kier molecular flexibility index (Phi) is 3.04. The van der Waals surface area contributed by atoms with E-state index in [9.17, 15) is 4.79 Å². The molecule has 2 aliphatic heterocycles. The van der Waals surface area contributed by atoms with Crippen LogP contribution in [0.25, 0.3) is 0 Å². The number of carbonyl (C=O) groups is 1. The SMILES string of the molecule is CC1=C(C(=O)Nc2nncs2)SC2=NCCCN21. The number of carbonyl (C=O) groups excluding carboxylic acids is 1. The lowest BCUT2D eigenvalue weighted by Crippen LogP contribution is -2.28. The van der Waals surface area contributed by atoms with Crippen LogP contribution in [0.2, 0.25) is 0 Å². The first-order chi connectivity index (χ1) is 8.75. The molecular weight excluding hydrogens is 270 g/mol. The number of rotatable bonds is 2. The number of amidine groups is 1. The summed E-state index contributed by atoms with van der Waals surface area (Å²) in [4.78, 5) is 19.4. The van der Waals surface area contributed by atoms with Gasteiger partial charge in [0.25, 0.3) is 5.91 Å². The molecule has 18 heavy (non-hydrogen) atoms. The van der Waals surface area contributed by atoms with E-state index in [0.717, 1.165) is 30.4 Å². The van der Waals surface area contributed by atoms with Gasteiger partial charge in [0.15, 0.2) is 5.17 Å². The minimum Gasteiger partial charge on any atom is -0.324 e. The van der Waals surface area contributed by atoms with Gasteiger partial charge in [-0.3, -0.25) is 15.1 Å². The van der Waals surface area contributed by atoms with Crippen LogP contribution in [0, 0.1) is 0 Å². The summed E-state index contributed by atoms with van der Waals surface area (Å²) in [5.41, 5.74) is 2.56. The first-order valence-corrected chi connectivity index (χ1v) is 7.23. The van der Waals surface area contributed by atoms with Gasteiger partial charge in [-0.25, -0.2) is 0 Å². The van der Waals surface area contributed by atoms with Crippen molar-refractivity contribution in [2.75, 3.05) is 18.4 Å². The molecule has 0 fully saturated rings. The van der Waals surface area contributed by atoms with E-state index in [0.29, 0.717) is 10.0 Å². The van der Waals surface area contributed by atoms with Gasteiger partial charge in [0.2, 0.25) is 5.13 Å². The summed E-state index contributed by atoms with van der Waals surface area (Å²) < 4.78 is 0. The molecule has 0 saturated carbocycles. The number of thioether (sulfide) groups is 1. The van der Waals surface area contributed by atoms with Gasteiger partial charge in [0.05, 0.1) is 4.91 Å². The standard InChI is InChI=1S/C10H11N5OS2/c1-6-7(8(16)13-9-14-12-5-17-9)18-10-11-3-2-4-15(6)10/h5H,2-4H2,1H3,(H,13,14,16). The summed E-state index contributed by atoms with van der Waals surface area (Å²) in [5.74, 6) is -0.133. The molecule has 3 rings (SSSR count).